The molecule has 1 heterocycles. The summed E-state index contributed by atoms with van der Waals surface area (Å²) in [7, 11) is 0. The van der Waals surface area contributed by atoms with Crippen LogP contribution in [0.4, 0.5) is 13.2 Å². The summed E-state index contributed by atoms with van der Waals surface area (Å²) >= 11 is 12.1. The number of hydrogen-bond acceptors (Lipinski definition) is 1. The number of nitrogens with zero attached hydrogens (tertiary/aromatic N) is 2. The van der Waals surface area contributed by atoms with E-state index in [0.29, 0.717) is 27.0 Å². The third-order valence-corrected chi connectivity index (χ3v) is 4.11. The molecule has 24 heavy (non-hydrogen) atoms. The largest absolute Gasteiger partial charge is 0.416 e. The Morgan fingerprint density at radius 1 is 1.00 bits per heavy atom. The normalized spacial score (nSPS) is 11.8. The molecule has 0 aliphatic carbocycles. The maximum atomic E-state index is 12.7. The van der Waals surface area contributed by atoms with Gasteiger partial charge in [0.25, 0.3) is 0 Å². The summed E-state index contributed by atoms with van der Waals surface area (Å²) in [5.74, 6) is 0. The smallest absolute Gasteiger partial charge is 0.231 e. The minimum Gasteiger partial charge on any atom is -0.231 e. The molecule has 2 nitrogen and oxygen atoms in total. The van der Waals surface area contributed by atoms with E-state index in [1.165, 1.54) is 12.1 Å². The first-order chi connectivity index (χ1) is 11.3. The molecule has 0 radical (unpaired) electrons. The van der Waals surface area contributed by atoms with Crippen LogP contribution in [0.3, 0.4) is 0 Å². The van der Waals surface area contributed by atoms with Crippen molar-refractivity contribution in [1.82, 2.24) is 9.78 Å². The average molecular weight is 371 g/mol. The highest BCUT2D eigenvalue weighted by Crippen LogP contribution is 2.34. The molecule has 0 atom stereocenters. The molecular formula is C17H11Cl2F3N2. The van der Waals surface area contributed by atoms with Crippen LogP contribution in [0.1, 0.15) is 11.1 Å². The van der Waals surface area contributed by atoms with Crippen molar-refractivity contribution in [3.8, 4) is 16.9 Å². The monoisotopic (exact) mass is 370 g/mol. The molecule has 0 spiro atoms. The lowest BCUT2D eigenvalue weighted by atomic mass is 10.1. The van der Waals surface area contributed by atoms with E-state index in [4.69, 9.17) is 23.2 Å². The Labute approximate surface area is 146 Å². The van der Waals surface area contributed by atoms with E-state index in [9.17, 15) is 13.2 Å². The van der Waals surface area contributed by atoms with E-state index in [2.05, 4.69) is 5.10 Å². The van der Waals surface area contributed by atoms with Crippen LogP contribution in [0.2, 0.25) is 10.0 Å². The lowest BCUT2D eigenvalue weighted by molar-refractivity contribution is -0.137. The van der Waals surface area contributed by atoms with Crippen molar-refractivity contribution < 1.29 is 13.2 Å². The lowest BCUT2D eigenvalue weighted by Gasteiger charge is -2.12. The Morgan fingerprint density at radius 3 is 2.25 bits per heavy atom. The van der Waals surface area contributed by atoms with Crippen molar-refractivity contribution in [2.75, 3.05) is 0 Å². The van der Waals surface area contributed by atoms with Crippen LogP contribution in [0, 0.1) is 6.92 Å². The minimum atomic E-state index is -4.37. The zero-order valence-electron chi connectivity index (χ0n) is 12.4. The molecule has 0 fully saturated rings. The molecule has 0 saturated heterocycles. The summed E-state index contributed by atoms with van der Waals surface area (Å²) in [6.07, 6.45) is -2.73. The van der Waals surface area contributed by atoms with Gasteiger partial charge < -0.3 is 0 Å². The predicted octanol–water partition coefficient (Wildman–Crippen LogP) is 6.17. The average Bonchev–Trinajstić information content (AvgIpc) is 2.88. The first kappa shape index (κ1) is 16.9. The summed E-state index contributed by atoms with van der Waals surface area (Å²) in [4.78, 5) is 0. The fourth-order valence-corrected chi connectivity index (χ4v) is 2.92. The Kier molecular flexibility index (Phi) is 4.32. The van der Waals surface area contributed by atoms with Gasteiger partial charge in [-0.15, -0.1) is 0 Å². The van der Waals surface area contributed by atoms with E-state index in [1.807, 2.05) is 6.92 Å². The standard InChI is InChI=1S/C17H11Cl2F3N2/c1-10-9-23-24(15-7-6-13(18)8-14(15)19)16(10)11-2-4-12(5-3-11)17(20,21)22/h2-9H,1H3. The van der Waals surface area contributed by atoms with Crippen molar-refractivity contribution in [1.29, 1.82) is 0 Å². The van der Waals surface area contributed by atoms with Gasteiger partial charge in [0.05, 0.1) is 28.2 Å². The quantitative estimate of drug-likeness (QED) is 0.527. The third-order valence-electron chi connectivity index (χ3n) is 3.58. The number of aryl methyl sites for hydroxylation is 1. The van der Waals surface area contributed by atoms with Crippen molar-refractivity contribution in [3.63, 3.8) is 0 Å². The van der Waals surface area contributed by atoms with Crippen LogP contribution >= 0.6 is 23.2 Å². The number of halogens is 5. The molecule has 0 saturated carbocycles. The Bertz CT molecular complexity index is 884. The predicted molar refractivity (Wildman–Crippen MR) is 88.8 cm³/mol. The van der Waals surface area contributed by atoms with Crippen LogP contribution < -0.4 is 0 Å². The molecule has 3 rings (SSSR count). The van der Waals surface area contributed by atoms with Crippen LogP contribution in [0.5, 0.6) is 0 Å². The minimum absolute atomic E-state index is 0.402. The molecule has 0 unspecified atom stereocenters. The van der Waals surface area contributed by atoms with Crippen molar-refractivity contribution in [3.05, 3.63) is 69.8 Å². The van der Waals surface area contributed by atoms with Crippen LogP contribution in [-0.4, -0.2) is 9.78 Å². The fourth-order valence-electron chi connectivity index (χ4n) is 2.43. The van der Waals surface area contributed by atoms with Crippen LogP contribution in [-0.2, 0) is 6.18 Å². The van der Waals surface area contributed by atoms with Gasteiger partial charge in [0.2, 0.25) is 0 Å². The number of benzene rings is 2. The van der Waals surface area contributed by atoms with E-state index in [0.717, 1.165) is 17.7 Å². The first-order valence-electron chi connectivity index (χ1n) is 6.95. The second-order valence-corrected chi connectivity index (χ2v) is 6.10. The number of alkyl halides is 3. The Morgan fingerprint density at radius 2 is 1.67 bits per heavy atom. The molecule has 7 heteroatoms. The molecule has 2 aromatic carbocycles. The first-order valence-corrected chi connectivity index (χ1v) is 7.70. The summed E-state index contributed by atoms with van der Waals surface area (Å²) in [6, 6.07) is 9.93. The lowest BCUT2D eigenvalue weighted by Crippen LogP contribution is -2.05. The van der Waals surface area contributed by atoms with E-state index < -0.39 is 11.7 Å². The summed E-state index contributed by atoms with van der Waals surface area (Å²) in [6.45, 7) is 1.83. The highest BCUT2D eigenvalue weighted by molar-refractivity contribution is 6.35. The van der Waals surface area contributed by atoms with Gasteiger partial charge in [0.1, 0.15) is 0 Å². The third kappa shape index (κ3) is 3.14. The maximum Gasteiger partial charge on any atom is 0.416 e. The molecule has 0 amide bonds. The van der Waals surface area contributed by atoms with Gasteiger partial charge in [-0.3, -0.25) is 0 Å². The van der Waals surface area contributed by atoms with E-state index in [-0.39, 0.29) is 0 Å². The SMILES string of the molecule is Cc1cnn(-c2ccc(Cl)cc2Cl)c1-c1ccc(C(F)(F)F)cc1. The Hall–Kier alpha value is -1.98. The molecule has 124 valence electrons. The zero-order valence-corrected chi connectivity index (χ0v) is 13.9. The second-order valence-electron chi connectivity index (χ2n) is 5.26. The topological polar surface area (TPSA) is 17.8 Å². The van der Waals surface area contributed by atoms with Crippen molar-refractivity contribution in [2.45, 2.75) is 13.1 Å². The van der Waals surface area contributed by atoms with Crippen LogP contribution in [0.15, 0.2) is 48.7 Å². The Balaban J connectivity index is 2.11. The van der Waals surface area contributed by atoms with Gasteiger partial charge in [-0.2, -0.15) is 18.3 Å². The van der Waals surface area contributed by atoms with Gasteiger partial charge >= 0.3 is 6.18 Å². The summed E-state index contributed by atoms with van der Waals surface area (Å²) < 4.78 is 39.8. The zero-order chi connectivity index (χ0) is 17.5. The van der Waals surface area contributed by atoms with Gasteiger partial charge in [-0.1, -0.05) is 35.3 Å². The van der Waals surface area contributed by atoms with E-state index >= 15 is 0 Å². The van der Waals surface area contributed by atoms with Gasteiger partial charge in [0.15, 0.2) is 0 Å². The molecule has 1 aromatic heterocycles. The highest BCUT2D eigenvalue weighted by atomic mass is 35.5. The molecule has 0 aliphatic rings. The molecule has 0 bridgehead atoms. The fraction of sp³-hybridized carbons (Fsp3) is 0.118. The summed E-state index contributed by atoms with van der Waals surface area (Å²) in [5, 5.41) is 5.18. The van der Waals surface area contributed by atoms with Crippen molar-refractivity contribution >= 4 is 23.2 Å². The molecule has 3 aromatic rings. The summed E-state index contributed by atoms with van der Waals surface area (Å²) in [5.41, 5.74) is 2.02. The van der Waals surface area contributed by atoms with Gasteiger partial charge in [-0.05, 0) is 42.8 Å². The molecule has 0 N–H and O–H groups in total. The molecule has 0 aliphatic heterocycles. The number of hydrogen-bond donors (Lipinski definition) is 0. The highest BCUT2D eigenvalue weighted by Gasteiger charge is 2.30. The van der Waals surface area contributed by atoms with Gasteiger partial charge in [-0.25, -0.2) is 4.68 Å². The molecular weight excluding hydrogens is 360 g/mol. The van der Waals surface area contributed by atoms with Crippen molar-refractivity contribution in [2.24, 2.45) is 0 Å². The number of aromatic nitrogens is 2. The number of rotatable bonds is 2. The van der Waals surface area contributed by atoms with E-state index in [1.54, 1.807) is 29.1 Å². The van der Waals surface area contributed by atoms with Crippen LogP contribution in [0.25, 0.3) is 16.9 Å². The van der Waals surface area contributed by atoms with Gasteiger partial charge in [0, 0.05) is 10.6 Å². The second kappa shape index (κ2) is 6.15. The maximum absolute atomic E-state index is 12.7.